The summed E-state index contributed by atoms with van der Waals surface area (Å²) in [5.74, 6) is -0.437. The van der Waals surface area contributed by atoms with Crippen molar-refractivity contribution < 1.29 is 19.1 Å². The van der Waals surface area contributed by atoms with Gasteiger partial charge in [-0.3, -0.25) is 9.59 Å². The number of benzene rings is 1. The average Bonchev–Trinajstić information content (AvgIpc) is 2.55. The van der Waals surface area contributed by atoms with Crippen molar-refractivity contribution in [1.82, 2.24) is 16.0 Å². The summed E-state index contributed by atoms with van der Waals surface area (Å²) >= 11 is 0. The minimum absolute atomic E-state index is 0.139. The van der Waals surface area contributed by atoms with E-state index in [4.69, 9.17) is 4.74 Å². The first kappa shape index (κ1) is 22.2. The number of alkyl carbamates (subject to hydrolysis) is 1. The number of amides is 3. The van der Waals surface area contributed by atoms with E-state index in [1.54, 1.807) is 26.8 Å². The molecule has 0 heterocycles. The molecule has 7 nitrogen and oxygen atoms in total. The lowest BCUT2D eigenvalue weighted by Crippen LogP contribution is -2.37. The maximum Gasteiger partial charge on any atom is 0.407 e. The Balaban J connectivity index is 2.14. The van der Waals surface area contributed by atoms with E-state index in [2.05, 4.69) is 16.0 Å². The molecule has 0 aromatic heterocycles. The van der Waals surface area contributed by atoms with Crippen LogP contribution in [-0.2, 0) is 14.3 Å². The van der Waals surface area contributed by atoms with Gasteiger partial charge < -0.3 is 20.7 Å². The third kappa shape index (κ3) is 11.4. The van der Waals surface area contributed by atoms with E-state index >= 15 is 0 Å². The predicted molar refractivity (Wildman–Crippen MR) is 105 cm³/mol. The van der Waals surface area contributed by atoms with Crippen LogP contribution in [0.4, 0.5) is 4.79 Å². The Morgan fingerprint density at radius 1 is 1.04 bits per heavy atom. The Kier molecular flexibility index (Phi) is 9.05. The standard InChI is InChI=1S/C20H29N3O4/c1-15-6-5-7-16(14-15)8-9-17(24)21-12-13-22-18(25)10-11-23-19(26)27-20(2,3)4/h5-9,14H,10-13H2,1-4H3,(H,21,24)(H,22,25)(H,23,26)/b9-8+. The van der Waals surface area contributed by atoms with E-state index in [0.717, 1.165) is 11.1 Å². The molecule has 3 amide bonds. The summed E-state index contributed by atoms with van der Waals surface area (Å²) in [6.07, 6.45) is 2.79. The van der Waals surface area contributed by atoms with Crippen LogP contribution in [0, 0.1) is 6.92 Å². The molecule has 0 atom stereocenters. The highest BCUT2D eigenvalue weighted by molar-refractivity contribution is 5.91. The topological polar surface area (TPSA) is 96.5 Å². The van der Waals surface area contributed by atoms with Gasteiger partial charge in [0, 0.05) is 32.1 Å². The van der Waals surface area contributed by atoms with Crippen molar-refractivity contribution in [2.24, 2.45) is 0 Å². The van der Waals surface area contributed by atoms with Crippen molar-refractivity contribution in [3.63, 3.8) is 0 Å². The van der Waals surface area contributed by atoms with Crippen LogP contribution >= 0.6 is 0 Å². The first-order valence-corrected chi connectivity index (χ1v) is 8.92. The third-order valence-electron chi connectivity index (χ3n) is 3.24. The molecule has 0 bridgehead atoms. The molecular formula is C20H29N3O4. The molecule has 148 valence electrons. The molecular weight excluding hydrogens is 346 g/mol. The summed E-state index contributed by atoms with van der Waals surface area (Å²) in [5, 5.41) is 7.88. The minimum atomic E-state index is -0.571. The largest absolute Gasteiger partial charge is 0.444 e. The monoisotopic (exact) mass is 375 g/mol. The zero-order valence-electron chi connectivity index (χ0n) is 16.4. The van der Waals surface area contributed by atoms with Crippen molar-refractivity contribution >= 4 is 24.0 Å². The maximum absolute atomic E-state index is 11.7. The zero-order valence-corrected chi connectivity index (χ0v) is 16.4. The number of ether oxygens (including phenoxy) is 1. The fraction of sp³-hybridized carbons (Fsp3) is 0.450. The molecule has 0 saturated heterocycles. The van der Waals surface area contributed by atoms with Crippen molar-refractivity contribution in [2.45, 2.75) is 39.7 Å². The van der Waals surface area contributed by atoms with Crippen LogP contribution in [0.25, 0.3) is 6.08 Å². The van der Waals surface area contributed by atoms with Crippen LogP contribution in [0.3, 0.4) is 0 Å². The van der Waals surface area contributed by atoms with E-state index in [1.807, 2.05) is 31.2 Å². The van der Waals surface area contributed by atoms with Crippen molar-refractivity contribution in [3.8, 4) is 0 Å². The highest BCUT2D eigenvalue weighted by Gasteiger charge is 2.15. The zero-order chi connectivity index (χ0) is 20.3. The normalized spacial score (nSPS) is 11.1. The number of hydrogen-bond donors (Lipinski definition) is 3. The van der Waals surface area contributed by atoms with Crippen LogP contribution in [-0.4, -0.2) is 43.1 Å². The molecule has 0 saturated carbocycles. The quantitative estimate of drug-likeness (QED) is 0.479. The lowest BCUT2D eigenvalue weighted by Gasteiger charge is -2.19. The molecule has 7 heteroatoms. The second kappa shape index (κ2) is 11.0. The van der Waals surface area contributed by atoms with Gasteiger partial charge in [0.1, 0.15) is 5.60 Å². The maximum atomic E-state index is 11.7. The highest BCUT2D eigenvalue weighted by atomic mass is 16.6. The van der Waals surface area contributed by atoms with E-state index in [1.165, 1.54) is 6.08 Å². The summed E-state index contributed by atoms with van der Waals surface area (Å²) in [4.78, 5) is 34.8. The number of aryl methyl sites for hydroxylation is 1. The van der Waals surface area contributed by atoms with Crippen LogP contribution in [0.2, 0.25) is 0 Å². The molecule has 27 heavy (non-hydrogen) atoms. The van der Waals surface area contributed by atoms with Gasteiger partial charge >= 0.3 is 6.09 Å². The Morgan fingerprint density at radius 2 is 1.74 bits per heavy atom. The summed E-state index contributed by atoms with van der Waals surface area (Å²) in [6, 6.07) is 7.82. The molecule has 0 spiro atoms. The lowest BCUT2D eigenvalue weighted by atomic mass is 10.1. The number of rotatable bonds is 8. The van der Waals surface area contributed by atoms with Crippen molar-refractivity contribution in [1.29, 1.82) is 0 Å². The van der Waals surface area contributed by atoms with Gasteiger partial charge in [0.25, 0.3) is 0 Å². The molecule has 1 aromatic rings. The number of hydrogen-bond acceptors (Lipinski definition) is 4. The van der Waals surface area contributed by atoms with Gasteiger partial charge in [-0.2, -0.15) is 0 Å². The van der Waals surface area contributed by atoms with E-state index in [9.17, 15) is 14.4 Å². The second-order valence-corrected chi connectivity index (χ2v) is 7.07. The van der Waals surface area contributed by atoms with Gasteiger partial charge in [-0.25, -0.2) is 4.79 Å². The number of carbonyl (C=O) groups is 3. The van der Waals surface area contributed by atoms with Crippen LogP contribution in [0.5, 0.6) is 0 Å². The van der Waals surface area contributed by atoms with Crippen molar-refractivity contribution in [3.05, 3.63) is 41.5 Å². The first-order valence-electron chi connectivity index (χ1n) is 8.92. The SMILES string of the molecule is Cc1cccc(/C=C/C(=O)NCCNC(=O)CCNC(=O)OC(C)(C)C)c1. The Bertz CT molecular complexity index is 678. The molecule has 3 N–H and O–H groups in total. The molecule has 0 aliphatic rings. The van der Waals surface area contributed by atoms with Gasteiger partial charge in [0.2, 0.25) is 11.8 Å². The van der Waals surface area contributed by atoms with Gasteiger partial charge in [-0.05, 0) is 39.3 Å². The molecule has 0 fully saturated rings. The Hall–Kier alpha value is -2.83. The van der Waals surface area contributed by atoms with Gasteiger partial charge in [0.15, 0.2) is 0 Å². The van der Waals surface area contributed by atoms with Gasteiger partial charge in [0.05, 0.1) is 0 Å². The summed E-state index contributed by atoms with van der Waals surface area (Å²) in [6.45, 7) is 8.12. The molecule has 0 aliphatic carbocycles. The van der Waals surface area contributed by atoms with Gasteiger partial charge in [-0.15, -0.1) is 0 Å². The Morgan fingerprint density at radius 3 is 2.41 bits per heavy atom. The molecule has 0 radical (unpaired) electrons. The second-order valence-electron chi connectivity index (χ2n) is 7.07. The summed E-state index contributed by atoms with van der Waals surface area (Å²) < 4.78 is 5.07. The average molecular weight is 375 g/mol. The van der Waals surface area contributed by atoms with Gasteiger partial charge in [-0.1, -0.05) is 29.8 Å². The fourth-order valence-electron chi connectivity index (χ4n) is 2.07. The van der Waals surface area contributed by atoms with Crippen LogP contribution < -0.4 is 16.0 Å². The summed E-state index contributed by atoms with van der Waals surface area (Å²) in [5.41, 5.74) is 1.51. The molecule has 1 aromatic carbocycles. The molecule has 1 rings (SSSR count). The highest BCUT2D eigenvalue weighted by Crippen LogP contribution is 2.06. The van der Waals surface area contributed by atoms with E-state index in [-0.39, 0.29) is 24.8 Å². The van der Waals surface area contributed by atoms with Crippen LogP contribution in [0.1, 0.15) is 38.3 Å². The molecule has 0 aliphatic heterocycles. The van der Waals surface area contributed by atoms with Crippen LogP contribution in [0.15, 0.2) is 30.3 Å². The third-order valence-corrected chi connectivity index (χ3v) is 3.24. The summed E-state index contributed by atoms with van der Waals surface area (Å²) in [7, 11) is 0. The minimum Gasteiger partial charge on any atom is -0.444 e. The number of carbonyl (C=O) groups excluding carboxylic acids is 3. The predicted octanol–water partition coefficient (Wildman–Crippen LogP) is 2.16. The fourth-order valence-corrected chi connectivity index (χ4v) is 2.07. The Labute approximate surface area is 160 Å². The number of nitrogens with one attached hydrogen (secondary N) is 3. The molecule has 0 unspecified atom stereocenters. The van der Waals surface area contributed by atoms with E-state index < -0.39 is 11.7 Å². The first-order chi connectivity index (χ1) is 12.7. The van der Waals surface area contributed by atoms with E-state index in [0.29, 0.717) is 13.1 Å². The lowest BCUT2D eigenvalue weighted by molar-refractivity contribution is -0.121. The van der Waals surface area contributed by atoms with Crippen molar-refractivity contribution in [2.75, 3.05) is 19.6 Å². The smallest absolute Gasteiger partial charge is 0.407 e.